The van der Waals surface area contributed by atoms with Crippen LogP contribution in [0.4, 0.5) is 0 Å². The largest absolute Gasteiger partial charge is 0.378 e. The van der Waals surface area contributed by atoms with Crippen LogP contribution in [-0.2, 0) is 9.53 Å². The fraction of sp³-hybridized carbons (Fsp3) is 0.923. The third-order valence-corrected chi connectivity index (χ3v) is 3.71. The minimum atomic E-state index is 0.149. The second-order valence-electron chi connectivity index (χ2n) is 5.41. The normalized spacial score (nSPS) is 29.7. The summed E-state index contributed by atoms with van der Waals surface area (Å²) in [5, 5.41) is 6.35. The van der Waals surface area contributed by atoms with Crippen molar-refractivity contribution in [3.8, 4) is 0 Å². The molecule has 0 atom stereocenters. The second-order valence-corrected chi connectivity index (χ2v) is 5.41. The summed E-state index contributed by atoms with van der Waals surface area (Å²) in [6.07, 6.45) is 5.29. The molecule has 0 bridgehead atoms. The summed E-state index contributed by atoms with van der Waals surface area (Å²) in [6, 6.07) is 0.427. The molecule has 2 fully saturated rings. The molecular formula is C13H24N2O2. The Morgan fingerprint density at radius 2 is 2.06 bits per heavy atom. The maximum atomic E-state index is 11.6. The van der Waals surface area contributed by atoms with Crippen LogP contribution in [0.15, 0.2) is 0 Å². The minimum Gasteiger partial charge on any atom is -0.378 e. The Labute approximate surface area is 103 Å². The molecule has 0 aromatic heterocycles. The van der Waals surface area contributed by atoms with E-state index in [1.165, 1.54) is 0 Å². The second kappa shape index (κ2) is 6.36. The lowest BCUT2D eigenvalue weighted by Gasteiger charge is -2.33. The standard InChI is InChI=1S/C13H24N2O2/c1-10-8-11(9-10)15-13(16)4-7-17-12-2-5-14-6-3-12/h10-12,14H,2-9H2,1H3,(H,15,16). The van der Waals surface area contributed by atoms with E-state index >= 15 is 0 Å². The van der Waals surface area contributed by atoms with E-state index in [9.17, 15) is 4.79 Å². The molecule has 2 N–H and O–H groups in total. The number of nitrogens with one attached hydrogen (secondary N) is 2. The van der Waals surface area contributed by atoms with Crippen molar-refractivity contribution in [3.63, 3.8) is 0 Å². The van der Waals surface area contributed by atoms with Crippen LogP contribution in [-0.4, -0.2) is 37.7 Å². The van der Waals surface area contributed by atoms with E-state index in [1.807, 2.05) is 0 Å². The lowest BCUT2D eigenvalue weighted by atomic mass is 9.82. The van der Waals surface area contributed by atoms with Gasteiger partial charge in [0.25, 0.3) is 0 Å². The molecule has 1 aliphatic carbocycles. The predicted molar refractivity (Wildman–Crippen MR) is 66.8 cm³/mol. The number of hydrogen-bond acceptors (Lipinski definition) is 3. The SMILES string of the molecule is CC1CC(NC(=O)CCOC2CCNCC2)C1. The van der Waals surface area contributed by atoms with Crippen molar-refractivity contribution < 1.29 is 9.53 Å². The predicted octanol–water partition coefficient (Wildman–Crippen LogP) is 1.06. The number of rotatable bonds is 5. The summed E-state index contributed by atoms with van der Waals surface area (Å²) < 4.78 is 5.71. The zero-order chi connectivity index (χ0) is 12.1. The van der Waals surface area contributed by atoms with Crippen LogP contribution >= 0.6 is 0 Å². The molecule has 2 rings (SSSR count). The van der Waals surface area contributed by atoms with E-state index in [2.05, 4.69) is 17.6 Å². The molecule has 0 spiro atoms. The van der Waals surface area contributed by atoms with E-state index < -0.39 is 0 Å². The van der Waals surface area contributed by atoms with Gasteiger partial charge in [0.15, 0.2) is 0 Å². The first kappa shape index (κ1) is 12.8. The number of carbonyl (C=O) groups excluding carboxylic acids is 1. The molecule has 98 valence electrons. The van der Waals surface area contributed by atoms with Gasteiger partial charge in [-0.3, -0.25) is 4.79 Å². The third kappa shape index (κ3) is 4.28. The van der Waals surface area contributed by atoms with Crippen molar-refractivity contribution in [2.75, 3.05) is 19.7 Å². The molecule has 1 aliphatic heterocycles. The highest BCUT2D eigenvalue weighted by molar-refractivity contribution is 5.76. The van der Waals surface area contributed by atoms with Gasteiger partial charge in [0.1, 0.15) is 0 Å². The van der Waals surface area contributed by atoms with Crippen molar-refractivity contribution in [1.82, 2.24) is 10.6 Å². The van der Waals surface area contributed by atoms with Gasteiger partial charge in [-0.05, 0) is 44.7 Å². The van der Waals surface area contributed by atoms with Crippen molar-refractivity contribution in [1.29, 1.82) is 0 Å². The van der Waals surface area contributed by atoms with Gasteiger partial charge in [-0.2, -0.15) is 0 Å². The summed E-state index contributed by atoms with van der Waals surface area (Å²) >= 11 is 0. The third-order valence-electron chi connectivity index (χ3n) is 3.71. The average molecular weight is 240 g/mol. The van der Waals surface area contributed by atoms with Crippen LogP contribution in [0.1, 0.15) is 39.0 Å². The molecule has 1 saturated heterocycles. The molecule has 1 saturated carbocycles. The molecule has 17 heavy (non-hydrogen) atoms. The lowest BCUT2D eigenvalue weighted by molar-refractivity contribution is -0.124. The van der Waals surface area contributed by atoms with E-state index in [0.29, 0.717) is 25.2 Å². The fourth-order valence-electron chi connectivity index (χ4n) is 2.60. The lowest BCUT2D eigenvalue weighted by Crippen LogP contribution is -2.43. The number of piperidine rings is 1. The zero-order valence-corrected chi connectivity index (χ0v) is 10.7. The number of hydrogen-bond donors (Lipinski definition) is 2. The van der Waals surface area contributed by atoms with Crippen LogP contribution in [0.3, 0.4) is 0 Å². The zero-order valence-electron chi connectivity index (χ0n) is 10.7. The van der Waals surface area contributed by atoms with Gasteiger partial charge in [-0.1, -0.05) is 6.92 Å². The van der Waals surface area contributed by atoms with Crippen LogP contribution in [0, 0.1) is 5.92 Å². The average Bonchev–Trinajstić information content (AvgIpc) is 2.28. The van der Waals surface area contributed by atoms with Gasteiger partial charge in [0.05, 0.1) is 12.7 Å². The van der Waals surface area contributed by atoms with Crippen molar-refractivity contribution in [2.24, 2.45) is 5.92 Å². The minimum absolute atomic E-state index is 0.149. The Hall–Kier alpha value is -0.610. The molecule has 2 aliphatic rings. The number of carbonyl (C=O) groups is 1. The molecule has 1 heterocycles. The Kier molecular flexibility index (Phi) is 4.80. The fourth-order valence-corrected chi connectivity index (χ4v) is 2.60. The number of amides is 1. The summed E-state index contributed by atoms with van der Waals surface area (Å²) in [5.74, 6) is 0.933. The van der Waals surface area contributed by atoms with E-state index in [-0.39, 0.29) is 5.91 Å². The summed E-state index contributed by atoms with van der Waals surface area (Å²) in [4.78, 5) is 11.6. The van der Waals surface area contributed by atoms with Crippen LogP contribution in [0.5, 0.6) is 0 Å². The summed E-state index contributed by atoms with van der Waals surface area (Å²) in [5.41, 5.74) is 0. The van der Waals surface area contributed by atoms with E-state index in [0.717, 1.165) is 44.7 Å². The topological polar surface area (TPSA) is 50.4 Å². The summed E-state index contributed by atoms with van der Waals surface area (Å²) in [6.45, 7) is 4.87. The van der Waals surface area contributed by atoms with Gasteiger partial charge in [0.2, 0.25) is 5.91 Å². The van der Waals surface area contributed by atoms with Crippen LogP contribution < -0.4 is 10.6 Å². The maximum absolute atomic E-state index is 11.6. The molecule has 1 amide bonds. The monoisotopic (exact) mass is 240 g/mol. The summed E-state index contributed by atoms with van der Waals surface area (Å²) in [7, 11) is 0. The molecule has 0 radical (unpaired) electrons. The Balaban J connectivity index is 1.50. The van der Waals surface area contributed by atoms with E-state index in [4.69, 9.17) is 4.74 Å². The van der Waals surface area contributed by atoms with Crippen molar-refractivity contribution in [3.05, 3.63) is 0 Å². The highest BCUT2D eigenvalue weighted by atomic mass is 16.5. The highest BCUT2D eigenvalue weighted by Crippen LogP contribution is 2.26. The quantitative estimate of drug-likeness (QED) is 0.755. The molecule has 0 aromatic rings. The molecular weight excluding hydrogens is 216 g/mol. The molecule has 0 aromatic carbocycles. The molecule has 0 unspecified atom stereocenters. The van der Waals surface area contributed by atoms with Crippen LogP contribution in [0.2, 0.25) is 0 Å². The van der Waals surface area contributed by atoms with Gasteiger partial charge in [-0.15, -0.1) is 0 Å². The molecule has 4 heteroatoms. The highest BCUT2D eigenvalue weighted by Gasteiger charge is 2.26. The first-order valence-electron chi connectivity index (χ1n) is 6.85. The Morgan fingerprint density at radius 3 is 2.71 bits per heavy atom. The van der Waals surface area contributed by atoms with Gasteiger partial charge >= 0.3 is 0 Å². The number of ether oxygens (including phenoxy) is 1. The maximum Gasteiger partial charge on any atom is 0.222 e. The van der Waals surface area contributed by atoms with Gasteiger partial charge in [-0.25, -0.2) is 0 Å². The van der Waals surface area contributed by atoms with Crippen LogP contribution in [0.25, 0.3) is 0 Å². The van der Waals surface area contributed by atoms with Crippen molar-refractivity contribution in [2.45, 2.75) is 51.2 Å². The Bertz CT molecular complexity index is 246. The smallest absolute Gasteiger partial charge is 0.222 e. The first-order chi connectivity index (χ1) is 8.24. The Morgan fingerprint density at radius 1 is 1.35 bits per heavy atom. The van der Waals surface area contributed by atoms with Crippen molar-refractivity contribution >= 4 is 5.91 Å². The van der Waals surface area contributed by atoms with Gasteiger partial charge in [0, 0.05) is 12.5 Å². The van der Waals surface area contributed by atoms with Gasteiger partial charge < -0.3 is 15.4 Å². The molecule has 4 nitrogen and oxygen atoms in total. The first-order valence-corrected chi connectivity index (χ1v) is 6.85. The van der Waals surface area contributed by atoms with E-state index in [1.54, 1.807) is 0 Å².